The Kier molecular flexibility index (Phi) is 3.83. The minimum atomic E-state index is -0.950. The maximum absolute atomic E-state index is 13.2. The summed E-state index contributed by atoms with van der Waals surface area (Å²) in [5, 5.41) is 13.4. The Labute approximate surface area is 190 Å². The van der Waals surface area contributed by atoms with Crippen molar-refractivity contribution in [3.8, 4) is 34.4 Å². The first-order valence-corrected chi connectivity index (χ1v) is 10.3. The van der Waals surface area contributed by atoms with Gasteiger partial charge in [0.25, 0.3) is 11.8 Å². The Morgan fingerprint density at radius 3 is 2.44 bits per heavy atom. The van der Waals surface area contributed by atoms with Crippen LogP contribution in [0.3, 0.4) is 0 Å². The summed E-state index contributed by atoms with van der Waals surface area (Å²) in [5.41, 5.74) is 1.06. The zero-order valence-corrected chi connectivity index (χ0v) is 17.3. The molecule has 170 valence electrons. The number of anilines is 1. The van der Waals surface area contributed by atoms with E-state index in [1.807, 2.05) is 0 Å². The number of rotatable bonds is 4. The van der Waals surface area contributed by atoms with Gasteiger partial charge in [0.05, 0.1) is 5.69 Å². The predicted octanol–water partition coefficient (Wildman–Crippen LogP) is 1.69. The smallest absolute Gasteiger partial charge is 0.263 e. The topological polar surface area (TPSA) is 141 Å². The van der Waals surface area contributed by atoms with Gasteiger partial charge in [-0.05, 0) is 30.3 Å². The summed E-state index contributed by atoms with van der Waals surface area (Å²) in [4.78, 5) is 31.6. The molecule has 4 aliphatic rings. The molecule has 2 amide bonds. The van der Waals surface area contributed by atoms with Crippen molar-refractivity contribution in [1.29, 1.82) is 0 Å². The highest BCUT2D eigenvalue weighted by Gasteiger charge is 2.55. The second-order valence-corrected chi connectivity index (χ2v) is 7.82. The molecule has 2 aromatic carbocycles. The van der Waals surface area contributed by atoms with E-state index in [-0.39, 0.29) is 26.0 Å². The van der Waals surface area contributed by atoms with Gasteiger partial charge < -0.3 is 23.5 Å². The van der Waals surface area contributed by atoms with E-state index in [4.69, 9.17) is 23.5 Å². The fourth-order valence-corrected chi connectivity index (χ4v) is 4.24. The molecule has 0 radical (unpaired) electrons. The van der Waals surface area contributed by atoms with Crippen LogP contribution in [0.15, 0.2) is 51.3 Å². The number of hydrogen-bond donors (Lipinski definition) is 0. The molecule has 4 aliphatic heterocycles. The maximum Gasteiger partial charge on any atom is 0.263 e. The lowest BCUT2D eigenvalue weighted by Crippen LogP contribution is -2.39. The van der Waals surface area contributed by atoms with E-state index < -0.39 is 23.9 Å². The fourth-order valence-electron chi connectivity index (χ4n) is 4.24. The van der Waals surface area contributed by atoms with Crippen molar-refractivity contribution in [2.45, 2.75) is 18.6 Å². The summed E-state index contributed by atoms with van der Waals surface area (Å²) in [7, 11) is 0. The number of ether oxygens (including phenoxy) is 4. The third kappa shape index (κ3) is 2.73. The average molecular weight is 462 g/mol. The molecule has 5 heterocycles. The van der Waals surface area contributed by atoms with Gasteiger partial charge in [-0.2, -0.15) is 10.1 Å². The molecular formula is C21H14N6O7. The van der Waals surface area contributed by atoms with E-state index >= 15 is 0 Å². The lowest BCUT2D eigenvalue weighted by Gasteiger charge is -2.19. The second-order valence-electron chi connectivity index (χ2n) is 7.82. The summed E-state index contributed by atoms with van der Waals surface area (Å²) in [6.45, 7) is 0.261. The van der Waals surface area contributed by atoms with E-state index in [9.17, 15) is 9.59 Å². The molecule has 0 N–H and O–H groups in total. The van der Waals surface area contributed by atoms with Crippen molar-refractivity contribution >= 4 is 17.5 Å². The molecule has 13 heteroatoms. The van der Waals surface area contributed by atoms with Crippen LogP contribution in [0.4, 0.5) is 5.69 Å². The van der Waals surface area contributed by atoms with Gasteiger partial charge in [-0.3, -0.25) is 14.6 Å². The minimum absolute atomic E-state index is 0.0101. The zero-order chi connectivity index (χ0) is 22.8. The van der Waals surface area contributed by atoms with Gasteiger partial charge in [0.1, 0.15) is 6.54 Å². The molecule has 7 rings (SSSR count). The Hall–Kier alpha value is -4.68. The van der Waals surface area contributed by atoms with Crippen molar-refractivity contribution in [2.24, 2.45) is 10.3 Å². The Bertz CT molecular complexity index is 1390. The largest absolute Gasteiger partial charge is 0.454 e. The molecule has 3 aromatic rings. The first-order valence-electron chi connectivity index (χ1n) is 10.3. The van der Waals surface area contributed by atoms with E-state index in [0.29, 0.717) is 40.1 Å². The molecule has 0 spiro atoms. The van der Waals surface area contributed by atoms with Gasteiger partial charge in [-0.1, -0.05) is 10.4 Å². The Balaban J connectivity index is 1.11. The van der Waals surface area contributed by atoms with Crippen LogP contribution < -0.4 is 23.8 Å². The normalized spacial score (nSPS) is 21.6. The van der Waals surface area contributed by atoms with Gasteiger partial charge in [0.2, 0.25) is 25.3 Å². The molecule has 13 nitrogen and oxygen atoms in total. The van der Waals surface area contributed by atoms with E-state index in [0.717, 1.165) is 4.90 Å². The number of amides is 2. The van der Waals surface area contributed by atoms with E-state index in [1.54, 1.807) is 36.4 Å². The highest BCUT2D eigenvalue weighted by Crippen LogP contribution is 2.39. The van der Waals surface area contributed by atoms with Crippen molar-refractivity contribution in [3.05, 3.63) is 42.3 Å². The van der Waals surface area contributed by atoms with Gasteiger partial charge in [0, 0.05) is 11.6 Å². The van der Waals surface area contributed by atoms with Crippen LogP contribution in [0, 0.1) is 0 Å². The average Bonchev–Trinajstić information content (AvgIpc) is 3.66. The van der Waals surface area contributed by atoms with Gasteiger partial charge in [-0.25, -0.2) is 4.90 Å². The van der Waals surface area contributed by atoms with Gasteiger partial charge in [-0.15, -0.1) is 0 Å². The molecular weight excluding hydrogens is 448 g/mol. The summed E-state index contributed by atoms with van der Waals surface area (Å²) in [5.74, 6) is 1.91. The van der Waals surface area contributed by atoms with Crippen molar-refractivity contribution in [2.75, 3.05) is 18.5 Å². The Morgan fingerprint density at radius 1 is 0.882 bits per heavy atom. The van der Waals surface area contributed by atoms with E-state index in [2.05, 4.69) is 20.5 Å². The molecule has 2 atom stereocenters. The number of fused-ring (bicyclic) bond motifs is 3. The molecule has 1 saturated heterocycles. The third-order valence-electron chi connectivity index (χ3n) is 5.87. The van der Waals surface area contributed by atoms with Crippen molar-refractivity contribution < 1.29 is 33.1 Å². The van der Waals surface area contributed by atoms with Crippen molar-refractivity contribution in [1.82, 2.24) is 15.1 Å². The molecule has 34 heavy (non-hydrogen) atoms. The number of aromatic nitrogens is 2. The zero-order valence-electron chi connectivity index (χ0n) is 17.3. The van der Waals surface area contributed by atoms with Crippen LogP contribution in [0.2, 0.25) is 0 Å². The number of benzene rings is 2. The number of hydrogen-bond acceptors (Lipinski definition) is 12. The third-order valence-corrected chi connectivity index (χ3v) is 5.87. The summed E-state index contributed by atoms with van der Waals surface area (Å²) < 4.78 is 26.7. The van der Waals surface area contributed by atoms with Gasteiger partial charge >= 0.3 is 0 Å². The Morgan fingerprint density at radius 2 is 1.62 bits per heavy atom. The predicted molar refractivity (Wildman–Crippen MR) is 109 cm³/mol. The molecule has 1 fully saturated rings. The molecule has 0 saturated carbocycles. The highest BCUT2D eigenvalue weighted by atomic mass is 16.7. The first kappa shape index (κ1) is 18.8. The summed E-state index contributed by atoms with van der Waals surface area (Å²) >= 11 is 0. The molecule has 0 aliphatic carbocycles. The monoisotopic (exact) mass is 462 g/mol. The SMILES string of the molecule is O=C1[C@@H]2N=NN(Cc3nc(-c4ccc5c(c4)OCO5)no3)[C@H]2C(=O)N1c1ccc2c(c1)OCO2. The fraction of sp³-hybridized carbons (Fsp3) is 0.238. The highest BCUT2D eigenvalue weighted by molar-refractivity contribution is 6.25. The van der Waals surface area contributed by atoms with Gasteiger partial charge in [0.15, 0.2) is 35.1 Å². The second kappa shape index (κ2) is 6.91. The number of carbonyl (C=O) groups is 2. The number of carbonyl (C=O) groups excluding carboxylic acids is 2. The summed E-state index contributed by atoms with van der Waals surface area (Å²) in [6, 6.07) is 8.33. The van der Waals surface area contributed by atoms with Crippen LogP contribution in [0.1, 0.15) is 5.89 Å². The van der Waals surface area contributed by atoms with Crippen LogP contribution >= 0.6 is 0 Å². The first-order chi connectivity index (χ1) is 16.7. The van der Waals surface area contributed by atoms with E-state index in [1.165, 1.54) is 5.01 Å². The minimum Gasteiger partial charge on any atom is -0.454 e. The maximum atomic E-state index is 13.2. The molecule has 1 aromatic heterocycles. The summed E-state index contributed by atoms with van der Waals surface area (Å²) in [6.07, 6.45) is 0. The van der Waals surface area contributed by atoms with Crippen molar-refractivity contribution in [3.63, 3.8) is 0 Å². The lowest BCUT2D eigenvalue weighted by molar-refractivity contribution is -0.123. The van der Waals surface area contributed by atoms with Crippen LogP contribution in [-0.4, -0.2) is 52.6 Å². The quantitative estimate of drug-likeness (QED) is 0.526. The molecule has 0 unspecified atom stereocenters. The van der Waals surface area contributed by atoms with Crippen LogP contribution in [-0.2, 0) is 16.1 Å². The lowest BCUT2D eigenvalue weighted by atomic mass is 10.1. The number of imide groups is 1. The molecule has 0 bridgehead atoms. The van der Waals surface area contributed by atoms with Crippen LogP contribution in [0.5, 0.6) is 23.0 Å². The number of nitrogens with zero attached hydrogens (tertiary/aromatic N) is 6. The standard InChI is InChI=1S/C21H14N6O7/c28-20-17-18(21(29)27(20)11-2-4-13-15(6-11)33-9-31-13)26(25-23-17)7-16-22-19(24-34-16)10-1-3-12-14(5-10)32-8-30-12/h1-6,17-18H,7-9H2/t17-,18-/m1/s1. The van der Waals surface area contributed by atoms with Crippen LogP contribution in [0.25, 0.3) is 11.4 Å².